The Hall–Kier alpha value is -2.97. The molecule has 1 atom stereocenters. The van der Waals surface area contributed by atoms with Crippen LogP contribution in [0, 0.1) is 5.92 Å². The molecule has 0 radical (unpaired) electrons. The Kier molecular flexibility index (Phi) is 3.58. The van der Waals surface area contributed by atoms with Gasteiger partial charge < -0.3 is 14.0 Å². The van der Waals surface area contributed by atoms with Gasteiger partial charge in [0.2, 0.25) is 0 Å². The third-order valence-electron chi connectivity index (χ3n) is 4.99. The molecule has 9 heteroatoms. The van der Waals surface area contributed by atoms with Gasteiger partial charge in [-0.2, -0.15) is 5.10 Å². The third-order valence-corrected chi connectivity index (χ3v) is 4.99. The Balaban J connectivity index is 1.39. The van der Waals surface area contributed by atoms with E-state index in [0.29, 0.717) is 31.2 Å². The number of carbonyl (C=O) groups excluding carboxylic acids is 1. The molecule has 1 fully saturated rings. The number of hydrogen-bond donors (Lipinski definition) is 0. The van der Waals surface area contributed by atoms with Crippen molar-refractivity contribution in [2.75, 3.05) is 6.54 Å². The Morgan fingerprint density at radius 3 is 3.04 bits per heavy atom. The highest BCUT2D eigenvalue weighted by Crippen LogP contribution is 2.40. The third kappa shape index (κ3) is 2.89. The van der Waals surface area contributed by atoms with Gasteiger partial charge in [-0.25, -0.2) is 9.97 Å². The molecular formula is C17H19N7O2. The maximum absolute atomic E-state index is 13.0. The van der Waals surface area contributed by atoms with Crippen molar-refractivity contribution in [1.82, 2.24) is 34.4 Å². The van der Waals surface area contributed by atoms with Crippen LogP contribution in [0.3, 0.4) is 0 Å². The fraction of sp³-hybridized carbons (Fsp3) is 0.471. The molecule has 1 unspecified atom stereocenters. The molecule has 4 heterocycles. The van der Waals surface area contributed by atoms with Crippen LogP contribution in [-0.4, -0.2) is 46.8 Å². The Morgan fingerprint density at radius 2 is 2.23 bits per heavy atom. The van der Waals surface area contributed by atoms with E-state index in [1.54, 1.807) is 23.3 Å². The number of amides is 1. The molecule has 134 valence electrons. The molecule has 5 rings (SSSR count). The second-order valence-corrected chi connectivity index (χ2v) is 7.05. The van der Waals surface area contributed by atoms with Gasteiger partial charge in [-0.05, 0) is 12.8 Å². The number of carbonyl (C=O) groups is 1. The van der Waals surface area contributed by atoms with E-state index in [9.17, 15) is 4.79 Å². The van der Waals surface area contributed by atoms with Crippen molar-refractivity contribution >= 4 is 5.91 Å². The first-order chi connectivity index (χ1) is 12.8. The predicted octanol–water partition coefficient (Wildman–Crippen LogP) is 1.31. The van der Waals surface area contributed by atoms with E-state index in [0.717, 1.165) is 31.0 Å². The predicted molar refractivity (Wildman–Crippen MR) is 89.0 cm³/mol. The van der Waals surface area contributed by atoms with Gasteiger partial charge in [0, 0.05) is 49.9 Å². The van der Waals surface area contributed by atoms with Gasteiger partial charge >= 0.3 is 0 Å². The summed E-state index contributed by atoms with van der Waals surface area (Å²) in [6, 6.07) is 1.80. The summed E-state index contributed by atoms with van der Waals surface area (Å²) >= 11 is 0. The highest BCUT2D eigenvalue weighted by atomic mass is 16.5. The van der Waals surface area contributed by atoms with Crippen molar-refractivity contribution in [2.45, 2.75) is 38.4 Å². The molecule has 0 bridgehead atoms. The molecule has 2 aliphatic rings. The van der Waals surface area contributed by atoms with Gasteiger partial charge in [0.05, 0.1) is 6.54 Å². The van der Waals surface area contributed by atoms with Crippen LogP contribution >= 0.6 is 0 Å². The molecule has 9 nitrogen and oxygen atoms in total. The molecule has 3 aromatic rings. The van der Waals surface area contributed by atoms with Crippen LogP contribution in [0.2, 0.25) is 0 Å². The average Bonchev–Trinajstić information content (AvgIpc) is 3.03. The topological polar surface area (TPSA) is 94.9 Å². The van der Waals surface area contributed by atoms with E-state index in [1.165, 1.54) is 6.33 Å². The minimum atomic E-state index is -0.110. The summed E-state index contributed by atoms with van der Waals surface area (Å²) in [6.45, 7) is 2.54. The van der Waals surface area contributed by atoms with Gasteiger partial charge in [0.15, 0.2) is 5.69 Å². The molecule has 0 N–H and O–H groups in total. The lowest BCUT2D eigenvalue weighted by Crippen LogP contribution is -2.35. The zero-order valence-corrected chi connectivity index (χ0v) is 14.2. The van der Waals surface area contributed by atoms with E-state index in [2.05, 4.69) is 24.8 Å². The van der Waals surface area contributed by atoms with Crippen LogP contribution in [0.15, 0.2) is 35.6 Å². The summed E-state index contributed by atoms with van der Waals surface area (Å²) in [7, 11) is 0. The van der Waals surface area contributed by atoms with Crippen LogP contribution in [0.4, 0.5) is 0 Å². The van der Waals surface area contributed by atoms with Crippen molar-refractivity contribution in [3.63, 3.8) is 0 Å². The summed E-state index contributed by atoms with van der Waals surface area (Å²) in [6.07, 6.45) is 9.19. The Bertz CT molecular complexity index is 909. The molecule has 1 saturated carbocycles. The van der Waals surface area contributed by atoms with E-state index >= 15 is 0 Å². The molecule has 0 saturated heterocycles. The number of aromatic nitrogens is 6. The van der Waals surface area contributed by atoms with Gasteiger partial charge in [-0.15, -0.1) is 0 Å². The van der Waals surface area contributed by atoms with Crippen LogP contribution in [0.1, 0.15) is 40.8 Å². The fourth-order valence-electron chi connectivity index (χ4n) is 3.51. The van der Waals surface area contributed by atoms with E-state index in [4.69, 9.17) is 4.52 Å². The van der Waals surface area contributed by atoms with Crippen molar-refractivity contribution < 1.29 is 9.32 Å². The lowest BCUT2D eigenvalue weighted by molar-refractivity contribution is 0.0702. The van der Waals surface area contributed by atoms with Crippen LogP contribution < -0.4 is 0 Å². The van der Waals surface area contributed by atoms with Crippen molar-refractivity contribution in [3.8, 4) is 0 Å². The number of fused-ring (bicyclic) bond motifs is 1. The lowest BCUT2D eigenvalue weighted by Gasteiger charge is -2.23. The van der Waals surface area contributed by atoms with E-state index in [-0.39, 0.29) is 11.8 Å². The zero-order valence-electron chi connectivity index (χ0n) is 14.2. The Labute approximate surface area is 149 Å². The molecule has 3 aromatic heterocycles. The molecule has 1 amide bonds. The quantitative estimate of drug-likeness (QED) is 0.702. The van der Waals surface area contributed by atoms with Gasteiger partial charge in [-0.3, -0.25) is 9.48 Å². The molecule has 1 aliphatic carbocycles. The fourth-order valence-corrected chi connectivity index (χ4v) is 3.51. The second kappa shape index (κ2) is 6.08. The molecular weight excluding hydrogens is 334 g/mol. The standard InChI is InChI=1S/C17H19N7O2/c25-17(14-5-15(26-21-14)13-1-2-13)23-7-12(8-24-11-18-10-20-24)6-22-4-3-19-16(22)9-23/h3-5,10-13H,1-2,6-9H2. The lowest BCUT2D eigenvalue weighted by atomic mass is 10.1. The van der Waals surface area contributed by atoms with Crippen molar-refractivity contribution in [1.29, 1.82) is 0 Å². The smallest absolute Gasteiger partial charge is 0.276 e. The normalized spacial score (nSPS) is 20.0. The minimum Gasteiger partial charge on any atom is -0.360 e. The first-order valence-electron chi connectivity index (χ1n) is 8.84. The van der Waals surface area contributed by atoms with Crippen molar-refractivity contribution in [3.05, 3.63) is 48.4 Å². The highest BCUT2D eigenvalue weighted by Gasteiger charge is 2.32. The zero-order chi connectivity index (χ0) is 17.5. The van der Waals surface area contributed by atoms with E-state index in [1.807, 2.05) is 11.1 Å². The number of imidazole rings is 1. The molecule has 26 heavy (non-hydrogen) atoms. The second-order valence-electron chi connectivity index (χ2n) is 7.05. The summed E-state index contributed by atoms with van der Waals surface area (Å²) in [5.41, 5.74) is 0.381. The van der Waals surface area contributed by atoms with E-state index < -0.39 is 0 Å². The van der Waals surface area contributed by atoms with Gasteiger partial charge in [-0.1, -0.05) is 5.16 Å². The first-order valence-corrected chi connectivity index (χ1v) is 8.84. The maximum atomic E-state index is 13.0. The number of nitrogens with zero attached hydrogens (tertiary/aromatic N) is 7. The van der Waals surface area contributed by atoms with Gasteiger partial charge in [0.25, 0.3) is 5.91 Å². The SMILES string of the molecule is O=C(c1cc(C2CC2)on1)N1Cc2nccn2CC(Cn2cncn2)C1. The monoisotopic (exact) mass is 353 g/mol. The largest absolute Gasteiger partial charge is 0.360 e. The van der Waals surface area contributed by atoms with Crippen LogP contribution in [0.5, 0.6) is 0 Å². The summed E-state index contributed by atoms with van der Waals surface area (Å²) in [4.78, 5) is 23.2. The average molecular weight is 353 g/mol. The number of rotatable bonds is 4. The van der Waals surface area contributed by atoms with Crippen molar-refractivity contribution in [2.24, 2.45) is 5.92 Å². The molecule has 0 aromatic carbocycles. The first kappa shape index (κ1) is 15.3. The summed E-state index contributed by atoms with van der Waals surface area (Å²) in [5.74, 6) is 2.23. The van der Waals surface area contributed by atoms with Crippen LogP contribution in [-0.2, 0) is 19.6 Å². The van der Waals surface area contributed by atoms with Crippen LogP contribution in [0.25, 0.3) is 0 Å². The minimum absolute atomic E-state index is 0.110. The highest BCUT2D eigenvalue weighted by molar-refractivity contribution is 5.92. The maximum Gasteiger partial charge on any atom is 0.276 e. The molecule has 1 aliphatic heterocycles. The summed E-state index contributed by atoms with van der Waals surface area (Å²) in [5, 5.41) is 8.20. The summed E-state index contributed by atoms with van der Waals surface area (Å²) < 4.78 is 9.26. The Morgan fingerprint density at radius 1 is 1.31 bits per heavy atom. The number of hydrogen-bond acceptors (Lipinski definition) is 6. The van der Waals surface area contributed by atoms with Gasteiger partial charge in [0.1, 0.15) is 24.2 Å². The molecule has 0 spiro atoms.